The van der Waals surface area contributed by atoms with E-state index >= 15 is 0 Å². The molecule has 1 aromatic rings. The predicted molar refractivity (Wildman–Crippen MR) is 83.2 cm³/mol. The van der Waals surface area contributed by atoms with Crippen LogP contribution in [0.25, 0.3) is 0 Å². The topological polar surface area (TPSA) is 70.5 Å². The van der Waals surface area contributed by atoms with E-state index in [9.17, 15) is 4.39 Å². The fraction of sp³-hybridized carbons (Fsp3) is 0.625. The Morgan fingerprint density at radius 3 is 2.05 bits per heavy atom. The molecule has 0 saturated heterocycles. The molecule has 0 radical (unpaired) electrons. The van der Waals surface area contributed by atoms with Gasteiger partial charge in [-0.15, -0.1) is 0 Å². The lowest BCUT2D eigenvalue weighted by Crippen LogP contribution is -2.30. The van der Waals surface area contributed by atoms with Gasteiger partial charge in [0, 0.05) is 6.07 Å². The quantitative estimate of drug-likeness (QED) is 0.734. The summed E-state index contributed by atoms with van der Waals surface area (Å²) < 4.78 is 25.2. The molecule has 0 aromatic heterocycles. The lowest BCUT2D eigenvalue weighted by atomic mass is 9.88. The highest BCUT2D eigenvalue weighted by Gasteiger charge is 2.19. The van der Waals surface area contributed by atoms with E-state index in [1.807, 2.05) is 20.8 Å². The van der Waals surface area contributed by atoms with Gasteiger partial charge in [0.05, 0.1) is 13.2 Å². The molecule has 1 unspecified atom stereocenters. The van der Waals surface area contributed by atoms with Crippen LogP contribution in [0, 0.1) is 17.7 Å². The van der Waals surface area contributed by atoms with Crippen molar-refractivity contribution in [3.63, 3.8) is 0 Å². The highest BCUT2D eigenvalue weighted by Crippen LogP contribution is 2.32. The minimum atomic E-state index is -0.276. The van der Waals surface area contributed by atoms with Crippen LogP contribution in [0.15, 0.2) is 12.1 Å². The molecule has 0 heterocycles. The normalized spacial score (nSPS) is 12.5. The van der Waals surface area contributed by atoms with Crippen LogP contribution in [0.1, 0.15) is 26.3 Å². The molecule has 21 heavy (non-hydrogen) atoms. The van der Waals surface area contributed by atoms with Gasteiger partial charge >= 0.3 is 0 Å². The molecule has 120 valence electrons. The minimum Gasteiger partial charge on any atom is -0.490 e. The van der Waals surface area contributed by atoms with E-state index in [1.54, 1.807) is 6.07 Å². The first-order chi connectivity index (χ1) is 10.1. The molecule has 4 N–H and O–H groups in total. The van der Waals surface area contributed by atoms with E-state index in [2.05, 4.69) is 0 Å². The third-order valence-corrected chi connectivity index (χ3v) is 3.66. The Morgan fingerprint density at radius 1 is 1.05 bits per heavy atom. The molecular weight excluding hydrogens is 271 g/mol. The molecule has 4 nitrogen and oxygen atoms in total. The van der Waals surface area contributed by atoms with Gasteiger partial charge < -0.3 is 20.9 Å². The van der Waals surface area contributed by atoms with Gasteiger partial charge in [-0.05, 0) is 56.8 Å². The monoisotopic (exact) mass is 298 g/mol. The van der Waals surface area contributed by atoms with E-state index in [1.165, 1.54) is 6.07 Å². The first-order valence-electron chi connectivity index (χ1n) is 7.55. The van der Waals surface area contributed by atoms with Crippen molar-refractivity contribution < 1.29 is 13.9 Å². The van der Waals surface area contributed by atoms with Gasteiger partial charge in [-0.25, -0.2) is 4.39 Å². The lowest BCUT2D eigenvalue weighted by molar-refractivity contribution is 0.285. The zero-order chi connectivity index (χ0) is 15.8. The van der Waals surface area contributed by atoms with Crippen molar-refractivity contribution in [3.8, 4) is 11.5 Å². The minimum absolute atomic E-state index is 0.187. The summed E-state index contributed by atoms with van der Waals surface area (Å²) in [4.78, 5) is 0. The highest BCUT2D eigenvalue weighted by atomic mass is 19.1. The van der Waals surface area contributed by atoms with Crippen molar-refractivity contribution >= 4 is 0 Å². The van der Waals surface area contributed by atoms with Crippen molar-refractivity contribution in [3.05, 3.63) is 23.5 Å². The maximum absolute atomic E-state index is 14.2. The van der Waals surface area contributed by atoms with Gasteiger partial charge in [0.2, 0.25) is 0 Å². The van der Waals surface area contributed by atoms with Crippen molar-refractivity contribution in [2.24, 2.45) is 23.3 Å². The fourth-order valence-electron chi connectivity index (χ4n) is 2.34. The molecule has 0 bridgehead atoms. The molecule has 0 aliphatic heterocycles. The van der Waals surface area contributed by atoms with E-state index in [4.69, 9.17) is 20.9 Å². The van der Waals surface area contributed by atoms with Gasteiger partial charge in [0.25, 0.3) is 0 Å². The first-order valence-corrected chi connectivity index (χ1v) is 7.55. The molecule has 5 heteroatoms. The molecule has 0 spiro atoms. The summed E-state index contributed by atoms with van der Waals surface area (Å²) in [5, 5.41) is 0. The first kappa shape index (κ1) is 17.7. The van der Waals surface area contributed by atoms with Crippen molar-refractivity contribution in [1.29, 1.82) is 0 Å². The second kappa shape index (κ2) is 8.85. The second-order valence-corrected chi connectivity index (χ2v) is 5.17. The number of nitrogens with two attached hydrogens (primary N) is 2. The van der Waals surface area contributed by atoms with Crippen molar-refractivity contribution in [2.75, 3.05) is 26.3 Å². The Kier molecular flexibility index (Phi) is 7.47. The third-order valence-electron chi connectivity index (χ3n) is 3.66. The van der Waals surface area contributed by atoms with Crippen molar-refractivity contribution in [1.82, 2.24) is 0 Å². The molecule has 0 saturated carbocycles. The van der Waals surface area contributed by atoms with E-state index in [-0.39, 0.29) is 17.7 Å². The Labute approximate surface area is 126 Å². The lowest BCUT2D eigenvalue weighted by Gasteiger charge is -2.22. The van der Waals surface area contributed by atoms with Crippen LogP contribution < -0.4 is 20.9 Å². The van der Waals surface area contributed by atoms with E-state index < -0.39 is 0 Å². The molecule has 0 amide bonds. The maximum atomic E-state index is 14.2. The number of hydrogen-bond donors (Lipinski definition) is 2. The summed E-state index contributed by atoms with van der Waals surface area (Å²) in [6.07, 6.45) is 0.581. The Hall–Kier alpha value is -1.33. The van der Waals surface area contributed by atoms with Gasteiger partial charge in [0.1, 0.15) is 5.82 Å². The fourth-order valence-corrected chi connectivity index (χ4v) is 2.34. The number of ether oxygens (including phenoxy) is 2. The van der Waals surface area contributed by atoms with Crippen LogP contribution >= 0.6 is 0 Å². The van der Waals surface area contributed by atoms with E-state index in [0.29, 0.717) is 49.8 Å². The van der Waals surface area contributed by atoms with Gasteiger partial charge in [-0.1, -0.05) is 6.92 Å². The summed E-state index contributed by atoms with van der Waals surface area (Å²) >= 11 is 0. The highest BCUT2D eigenvalue weighted by molar-refractivity contribution is 5.44. The van der Waals surface area contributed by atoms with Crippen LogP contribution in [-0.2, 0) is 6.42 Å². The average Bonchev–Trinajstić information content (AvgIpc) is 2.45. The maximum Gasteiger partial charge on any atom is 0.164 e. The summed E-state index contributed by atoms with van der Waals surface area (Å²) in [6, 6.07) is 3.13. The molecule has 0 aliphatic rings. The average molecular weight is 298 g/mol. The third kappa shape index (κ3) is 4.86. The van der Waals surface area contributed by atoms with Gasteiger partial charge in [0.15, 0.2) is 11.5 Å². The second-order valence-electron chi connectivity index (χ2n) is 5.17. The molecular formula is C16H27FN2O2. The van der Waals surface area contributed by atoms with Gasteiger partial charge in [-0.2, -0.15) is 0 Å². The predicted octanol–water partition coefficient (Wildman–Crippen LogP) is 2.34. The Bertz CT molecular complexity index is 437. The van der Waals surface area contributed by atoms with E-state index in [0.717, 1.165) is 0 Å². The summed E-state index contributed by atoms with van der Waals surface area (Å²) in [7, 11) is 0. The molecule has 0 fully saturated rings. The Morgan fingerprint density at radius 2 is 1.57 bits per heavy atom. The SMILES string of the molecule is CCOc1cc(F)c(CC(C)C(CN)CN)cc1OCC. The number of halogens is 1. The largest absolute Gasteiger partial charge is 0.490 e. The molecule has 1 atom stereocenters. The molecule has 1 aromatic carbocycles. The number of benzene rings is 1. The van der Waals surface area contributed by atoms with Crippen LogP contribution in [0.5, 0.6) is 11.5 Å². The zero-order valence-electron chi connectivity index (χ0n) is 13.2. The van der Waals surface area contributed by atoms with Crippen molar-refractivity contribution in [2.45, 2.75) is 27.2 Å². The Balaban J connectivity index is 2.98. The summed E-state index contributed by atoms with van der Waals surface area (Å²) in [6.45, 7) is 7.79. The molecule has 1 rings (SSSR count). The van der Waals surface area contributed by atoms with Crippen LogP contribution in [0.4, 0.5) is 4.39 Å². The van der Waals surface area contributed by atoms with Crippen LogP contribution in [-0.4, -0.2) is 26.3 Å². The van der Waals surface area contributed by atoms with Crippen LogP contribution in [0.3, 0.4) is 0 Å². The van der Waals surface area contributed by atoms with Crippen LogP contribution in [0.2, 0.25) is 0 Å². The van der Waals surface area contributed by atoms with Gasteiger partial charge in [-0.3, -0.25) is 0 Å². The smallest absolute Gasteiger partial charge is 0.164 e. The summed E-state index contributed by atoms with van der Waals surface area (Å²) in [5.41, 5.74) is 12.0. The zero-order valence-corrected chi connectivity index (χ0v) is 13.2. The summed E-state index contributed by atoms with van der Waals surface area (Å²) in [5.74, 6) is 1.15. The number of hydrogen-bond acceptors (Lipinski definition) is 4. The standard InChI is InChI=1S/C16H27FN2O2/c1-4-20-15-7-12(6-11(3)13(9-18)10-19)14(17)8-16(15)21-5-2/h7-8,11,13H,4-6,9-10,18-19H2,1-3H3. The molecule has 0 aliphatic carbocycles. The number of rotatable bonds is 9.